The lowest BCUT2D eigenvalue weighted by atomic mass is 10.1. The fourth-order valence-electron chi connectivity index (χ4n) is 2.13. The first-order chi connectivity index (χ1) is 11.4. The standard InChI is InChI=1S/C18H19ClN2O2S/c1-21(2)18(23)15-10-14(8-9-16(15)19)20-17(22)13-6-4-12(5-7-13)11-24-3/h4-10H,11H2,1-3H3,(H,20,22). The van der Waals surface area contributed by atoms with Gasteiger partial charge in [0.25, 0.3) is 11.8 Å². The van der Waals surface area contributed by atoms with Crippen molar-refractivity contribution in [3.63, 3.8) is 0 Å². The summed E-state index contributed by atoms with van der Waals surface area (Å²) in [6, 6.07) is 12.3. The number of hydrogen-bond acceptors (Lipinski definition) is 3. The zero-order valence-corrected chi connectivity index (χ0v) is 15.4. The molecule has 0 radical (unpaired) electrons. The molecule has 6 heteroatoms. The van der Waals surface area contributed by atoms with E-state index in [1.54, 1.807) is 56.2 Å². The maximum Gasteiger partial charge on any atom is 0.255 e. The molecular formula is C18H19ClN2O2S. The summed E-state index contributed by atoms with van der Waals surface area (Å²) in [7, 11) is 3.31. The van der Waals surface area contributed by atoms with Crippen molar-refractivity contribution in [3.8, 4) is 0 Å². The van der Waals surface area contributed by atoms with Crippen LogP contribution < -0.4 is 5.32 Å². The Labute approximate surface area is 151 Å². The molecule has 24 heavy (non-hydrogen) atoms. The Bertz CT molecular complexity index is 745. The summed E-state index contributed by atoms with van der Waals surface area (Å²) < 4.78 is 0. The highest BCUT2D eigenvalue weighted by molar-refractivity contribution is 7.97. The number of carbonyl (C=O) groups excluding carboxylic acids is 2. The van der Waals surface area contributed by atoms with Crippen molar-refractivity contribution in [1.29, 1.82) is 0 Å². The monoisotopic (exact) mass is 362 g/mol. The van der Waals surface area contributed by atoms with Crippen LogP contribution in [-0.2, 0) is 5.75 Å². The van der Waals surface area contributed by atoms with Crippen molar-refractivity contribution in [2.45, 2.75) is 5.75 Å². The molecule has 126 valence electrons. The molecule has 0 bridgehead atoms. The molecule has 4 nitrogen and oxygen atoms in total. The molecule has 0 heterocycles. The summed E-state index contributed by atoms with van der Waals surface area (Å²) >= 11 is 7.80. The van der Waals surface area contributed by atoms with E-state index in [-0.39, 0.29) is 11.8 Å². The summed E-state index contributed by atoms with van der Waals surface area (Å²) in [4.78, 5) is 25.9. The quantitative estimate of drug-likeness (QED) is 0.868. The van der Waals surface area contributed by atoms with E-state index in [2.05, 4.69) is 5.32 Å². The Balaban J connectivity index is 2.17. The van der Waals surface area contributed by atoms with E-state index >= 15 is 0 Å². The molecule has 0 saturated carbocycles. The van der Waals surface area contributed by atoms with Gasteiger partial charge < -0.3 is 10.2 Å². The molecule has 0 atom stereocenters. The number of thioether (sulfide) groups is 1. The minimum absolute atomic E-state index is 0.211. The first kappa shape index (κ1) is 18.4. The van der Waals surface area contributed by atoms with Crippen molar-refractivity contribution in [3.05, 3.63) is 64.2 Å². The van der Waals surface area contributed by atoms with E-state index < -0.39 is 0 Å². The van der Waals surface area contributed by atoms with Crippen LogP contribution in [0.5, 0.6) is 0 Å². The van der Waals surface area contributed by atoms with E-state index in [9.17, 15) is 9.59 Å². The average Bonchev–Trinajstić information content (AvgIpc) is 2.56. The third-order valence-electron chi connectivity index (χ3n) is 3.39. The lowest BCUT2D eigenvalue weighted by molar-refractivity contribution is 0.0827. The number of amides is 2. The van der Waals surface area contributed by atoms with Gasteiger partial charge in [-0.2, -0.15) is 11.8 Å². The lowest BCUT2D eigenvalue weighted by Gasteiger charge is -2.13. The van der Waals surface area contributed by atoms with Crippen molar-refractivity contribution in [2.24, 2.45) is 0 Å². The summed E-state index contributed by atoms with van der Waals surface area (Å²) in [5, 5.41) is 3.15. The summed E-state index contributed by atoms with van der Waals surface area (Å²) in [5.74, 6) is 0.475. The Morgan fingerprint density at radius 1 is 1.12 bits per heavy atom. The maximum absolute atomic E-state index is 12.3. The van der Waals surface area contributed by atoms with E-state index in [1.165, 1.54) is 10.5 Å². The average molecular weight is 363 g/mol. The Kier molecular flexibility index (Phi) is 6.29. The highest BCUT2D eigenvalue weighted by Gasteiger charge is 2.14. The molecule has 0 fully saturated rings. The van der Waals surface area contributed by atoms with Gasteiger partial charge in [0.05, 0.1) is 10.6 Å². The van der Waals surface area contributed by atoms with E-state index in [0.29, 0.717) is 21.8 Å². The van der Waals surface area contributed by atoms with Crippen LogP contribution in [0.15, 0.2) is 42.5 Å². The second-order valence-corrected chi connectivity index (χ2v) is 6.75. The van der Waals surface area contributed by atoms with Crippen LogP contribution in [0.1, 0.15) is 26.3 Å². The highest BCUT2D eigenvalue weighted by Crippen LogP contribution is 2.22. The van der Waals surface area contributed by atoms with Crippen LogP contribution in [0.3, 0.4) is 0 Å². The van der Waals surface area contributed by atoms with Crippen molar-refractivity contribution >= 4 is 40.9 Å². The van der Waals surface area contributed by atoms with Gasteiger partial charge in [-0.1, -0.05) is 23.7 Å². The summed E-state index contributed by atoms with van der Waals surface area (Å²) in [5.41, 5.74) is 2.62. The normalized spacial score (nSPS) is 10.3. The zero-order chi connectivity index (χ0) is 17.7. The number of anilines is 1. The zero-order valence-electron chi connectivity index (χ0n) is 13.8. The van der Waals surface area contributed by atoms with Crippen LogP contribution in [0.2, 0.25) is 5.02 Å². The molecule has 0 aliphatic carbocycles. The van der Waals surface area contributed by atoms with Gasteiger partial charge in [0.2, 0.25) is 0 Å². The van der Waals surface area contributed by atoms with Crippen molar-refractivity contribution in [1.82, 2.24) is 4.90 Å². The van der Waals surface area contributed by atoms with Crippen LogP contribution in [0.25, 0.3) is 0 Å². The van der Waals surface area contributed by atoms with E-state index in [1.807, 2.05) is 18.4 Å². The van der Waals surface area contributed by atoms with Crippen molar-refractivity contribution in [2.75, 3.05) is 25.7 Å². The predicted molar refractivity (Wildman–Crippen MR) is 101 cm³/mol. The molecule has 0 aliphatic rings. The molecule has 2 amide bonds. The molecule has 0 saturated heterocycles. The van der Waals surface area contributed by atoms with Gasteiger partial charge in [0.15, 0.2) is 0 Å². The molecule has 0 unspecified atom stereocenters. The third-order valence-corrected chi connectivity index (χ3v) is 4.34. The molecule has 1 N–H and O–H groups in total. The summed E-state index contributed by atoms with van der Waals surface area (Å²) in [6.45, 7) is 0. The fourth-order valence-corrected chi connectivity index (χ4v) is 2.85. The largest absolute Gasteiger partial charge is 0.345 e. The molecule has 2 aromatic rings. The van der Waals surface area contributed by atoms with Gasteiger partial charge in [-0.05, 0) is 42.2 Å². The highest BCUT2D eigenvalue weighted by atomic mass is 35.5. The number of rotatable bonds is 5. The number of hydrogen-bond donors (Lipinski definition) is 1. The SMILES string of the molecule is CSCc1ccc(C(=O)Nc2ccc(Cl)c(C(=O)N(C)C)c2)cc1. The van der Waals surface area contributed by atoms with E-state index in [4.69, 9.17) is 11.6 Å². The van der Waals surface area contributed by atoms with Gasteiger partial charge in [-0.3, -0.25) is 9.59 Å². The van der Waals surface area contributed by atoms with Gasteiger partial charge in [-0.15, -0.1) is 0 Å². The first-order valence-electron chi connectivity index (χ1n) is 7.33. The minimum atomic E-state index is -0.226. The van der Waals surface area contributed by atoms with Gasteiger partial charge in [0.1, 0.15) is 0 Å². The third kappa shape index (κ3) is 4.52. The fraction of sp³-hybridized carbons (Fsp3) is 0.222. The molecule has 0 aromatic heterocycles. The number of carbonyl (C=O) groups is 2. The number of nitrogens with zero attached hydrogens (tertiary/aromatic N) is 1. The van der Waals surface area contributed by atoms with Crippen LogP contribution in [0.4, 0.5) is 5.69 Å². The van der Waals surface area contributed by atoms with E-state index in [0.717, 1.165) is 5.75 Å². The minimum Gasteiger partial charge on any atom is -0.345 e. The van der Waals surface area contributed by atoms with Crippen LogP contribution in [0, 0.1) is 0 Å². The second-order valence-electron chi connectivity index (χ2n) is 5.48. The number of halogens is 1. The molecule has 2 aromatic carbocycles. The molecule has 0 aliphatic heterocycles. The van der Waals surface area contributed by atoms with Crippen LogP contribution >= 0.6 is 23.4 Å². The maximum atomic E-state index is 12.3. The molecular weight excluding hydrogens is 344 g/mol. The smallest absolute Gasteiger partial charge is 0.255 e. The molecule has 2 rings (SSSR count). The second kappa shape index (κ2) is 8.22. The number of nitrogens with one attached hydrogen (secondary N) is 1. The number of benzene rings is 2. The molecule has 0 spiro atoms. The predicted octanol–water partition coefficient (Wildman–Crippen LogP) is 4.16. The Morgan fingerprint density at radius 2 is 1.79 bits per heavy atom. The van der Waals surface area contributed by atoms with Gasteiger partial charge in [-0.25, -0.2) is 0 Å². The lowest BCUT2D eigenvalue weighted by Crippen LogP contribution is -2.22. The van der Waals surface area contributed by atoms with Gasteiger partial charge in [0, 0.05) is 31.1 Å². The Morgan fingerprint density at radius 3 is 2.38 bits per heavy atom. The topological polar surface area (TPSA) is 49.4 Å². The van der Waals surface area contributed by atoms with Gasteiger partial charge >= 0.3 is 0 Å². The summed E-state index contributed by atoms with van der Waals surface area (Å²) in [6.07, 6.45) is 2.04. The van der Waals surface area contributed by atoms with Crippen LogP contribution in [-0.4, -0.2) is 37.1 Å². The first-order valence-corrected chi connectivity index (χ1v) is 9.10. The Hall–Kier alpha value is -1.98. The van der Waals surface area contributed by atoms with Crippen molar-refractivity contribution < 1.29 is 9.59 Å².